The van der Waals surface area contributed by atoms with Crippen molar-refractivity contribution >= 4 is 5.82 Å². The second kappa shape index (κ2) is 5.69. The summed E-state index contributed by atoms with van der Waals surface area (Å²) in [6.07, 6.45) is 3.61. The fraction of sp³-hybridized carbons (Fsp3) is 0.267. The number of aromatic nitrogens is 2. The fourth-order valence-electron chi connectivity index (χ4n) is 2.11. The zero-order valence-corrected chi connectivity index (χ0v) is 11.1. The lowest BCUT2D eigenvalue weighted by Gasteiger charge is -2.05. The largest absolute Gasteiger partial charge is 0.383 e. The standard InChI is InChI=1S/C15H18FN3/c1-3-6-13-18-14(15(17)19(13)9-4-2)11-7-5-8-12(16)10-11/h4-5,7-8,10H,2-3,6,9,17H2,1H3. The van der Waals surface area contributed by atoms with E-state index in [1.165, 1.54) is 12.1 Å². The Morgan fingerprint density at radius 1 is 1.47 bits per heavy atom. The number of hydrogen-bond acceptors (Lipinski definition) is 2. The molecule has 0 aliphatic heterocycles. The average molecular weight is 259 g/mol. The highest BCUT2D eigenvalue weighted by molar-refractivity contribution is 5.71. The van der Waals surface area contributed by atoms with E-state index < -0.39 is 0 Å². The van der Waals surface area contributed by atoms with Gasteiger partial charge in [0, 0.05) is 18.5 Å². The van der Waals surface area contributed by atoms with Gasteiger partial charge in [-0.1, -0.05) is 25.1 Å². The molecule has 2 N–H and O–H groups in total. The number of hydrogen-bond donors (Lipinski definition) is 1. The Balaban J connectivity index is 2.51. The third-order valence-corrected chi connectivity index (χ3v) is 2.97. The van der Waals surface area contributed by atoms with Crippen LogP contribution < -0.4 is 5.73 Å². The van der Waals surface area contributed by atoms with E-state index in [4.69, 9.17) is 5.73 Å². The minimum Gasteiger partial charge on any atom is -0.383 e. The number of allylic oxidation sites excluding steroid dienone is 1. The van der Waals surface area contributed by atoms with Crippen LogP contribution in [0.2, 0.25) is 0 Å². The van der Waals surface area contributed by atoms with E-state index in [0.717, 1.165) is 18.7 Å². The molecule has 1 aromatic carbocycles. The van der Waals surface area contributed by atoms with Crippen molar-refractivity contribution in [1.82, 2.24) is 9.55 Å². The average Bonchev–Trinajstić information content (AvgIpc) is 2.69. The molecule has 0 aliphatic rings. The van der Waals surface area contributed by atoms with Gasteiger partial charge in [0.1, 0.15) is 23.2 Å². The van der Waals surface area contributed by atoms with Gasteiger partial charge in [0.15, 0.2) is 0 Å². The second-order valence-corrected chi connectivity index (χ2v) is 4.42. The summed E-state index contributed by atoms with van der Waals surface area (Å²) in [6, 6.07) is 6.34. The van der Waals surface area contributed by atoms with Gasteiger partial charge in [-0.2, -0.15) is 0 Å². The molecular weight excluding hydrogens is 241 g/mol. The molecule has 0 saturated heterocycles. The quantitative estimate of drug-likeness (QED) is 0.836. The Morgan fingerprint density at radius 2 is 2.26 bits per heavy atom. The highest BCUT2D eigenvalue weighted by Crippen LogP contribution is 2.27. The Labute approximate surface area is 112 Å². The van der Waals surface area contributed by atoms with Crippen molar-refractivity contribution in [1.29, 1.82) is 0 Å². The summed E-state index contributed by atoms with van der Waals surface area (Å²) in [4.78, 5) is 4.55. The monoisotopic (exact) mass is 259 g/mol. The molecule has 2 aromatic rings. The maximum atomic E-state index is 13.3. The van der Waals surface area contributed by atoms with Crippen LogP contribution >= 0.6 is 0 Å². The van der Waals surface area contributed by atoms with Gasteiger partial charge in [-0.3, -0.25) is 0 Å². The number of imidazole rings is 1. The highest BCUT2D eigenvalue weighted by atomic mass is 19.1. The van der Waals surface area contributed by atoms with E-state index in [1.54, 1.807) is 12.1 Å². The van der Waals surface area contributed by atoms with Crippen molar-refractivity contribution in [3.63, 3.8) is 0 Å². The molecule has 0 radical (unpaired) electrons. The van der Waals surface area contributed by atoms with Crippen molar-refractivity contribution in [2.75, 3.05) is 5.73 Å². The van der Waals surface area contributed by atoms with Crippen LogP contribution in [0.5, 0.6) is 0 Å². The SMILES string of the molecule is C=CCn1c(CCC)nc(-c2cccc(F)c2)c1N. The predicted octanol–water partition coefficient (Wildman–Crippen LogP) is 3.41. The summed E-state index contributed by atoms with van der Waals surface area (Å²) >= 11 is 0. The molecule has 0 fully saturated rings. The smallest absolute Gasteiger partial charge is 0.132 e. The molecule has 0 amide bonds. The normalized spacial score (nSPS) is 10.6. The molecule has 1 aromatic heterocycles. The van der Waals surface area contributed by atoms with E-state index in [1.807, 2.05) is 10.6 Å². The molecule has 0 atom stereocenters. The Bertz CT molecular complexity index is 587. The van der Waals surface area contributed by atoms with Crippen LogP contribution in [0.25, 0.3) is 11.3 Å². The van der Waals surface area contributed by atoms with Crippen molar-refractivity contribution in [3.8, 4) is 11.3 Å². The van der Waals surface area contributed by atoms with E-state index in [2.05, 4.69) is 18.5 Å². The third-order valence-electron chi connectivity index (χ3n) is 2.97. The highest BCUT2D eigenvalue weighted by Gasteiger charge is 2.15. The molecule has 3 nitrogen and oxygen atoms in total. The summed E-state index contributed by atoms with van der Waals surface area (Å²) in [5.74, 6) is 1.19. The lowest BCUT2D eigenvalue weighted by molar-refractivity contribution is 0.628. The summed E-state index contributed by atoms with van der Waals surface area (Å²) in [7, 11) is 0. The van der Waals surface area contributed by atoms with Crippen LogP contribution in [0, 0.1) is 5.82 Å². The van der Waals surface area contributed by atoms with Crippen molar-refractivity contribution in [3.05, 3.63) is 48.6 Å². The minimum atomic E-state index is -0.285. The van der Waals surface area contributed by atoms with E-state index in [0.29, 0.717) is 23.6 Å². The van der Waals surface area contributed by atoms with Crippen LogP contribution in [0.1, 0.15) is 19.2 Å². The topological polar surface area (TPSA) is 43.8 Å². The molecular formula is C15H18FN3. The fourth-order valence-corrected chi connectivity index (χ4v) is 2.11. The zero-order chi connectivity index (χ0) is 13.8. The molecule has 0 saturated carbocycles. The lowest BCUT2D eigenvalue weighted by atomic mass is 10.1. The lowest BCUT2D eigenvalue weighted by Crippen LogP contribution is -2.05. The Morgan fingerprint density at radius 3 is 2.89 bits per heavy atom. The first-order chi connectivity index (χ1) is 9.17. The van der Waals surface area contributed by atoms with Gasteiger partial charge in [-0.25, -0.2) is 9.37 Å². The summed E-state index contributed by atoms with van der Waals surface area (Å²) in [5, 5.41) is 0. The number of nitrogens with two attached hydrogens (primary N) is 1. The van der Waals surface area contributed by atoms with Gasteiger partial charge in [-0.05, 0) is 18.6 Å². The zero-order valence-electron chi connectivity index (χ0n) is 11.1. The third kappa shape index (κ3) is 2.67. The maximum absolute atomic E-state index is 13.3. The molecule has 0 aliphatic carbocycles. The van der Waals surface area contributed by atoms with Crippen molar-refractivity contribution in [2.24, 2.45) is 0 Å². The van der Waals surface area contributed by atoms with E-state index >= 15 is 0 Å². The van der Waals surface area contributed by atoms with Crippen LogP contribution in [-0.2, 0) is 13.0 Å². The first-order valence-electron chi connectivity index (χ1n) is 6.39. The van der Waals surface area contributed by atoms with Crippen LogP contribution in [0.4, 0.5) is 10.2 Å². The van der Waals surface area contributed by atoms with Gasteiger partial charge in [0.05, 0.1) is 0 Å². The molecule has 0 unspecified atom stereocenters. The maximum Gasteiger partial charge on any atom is 0.132 e. The Kier molecular flexibility index (Phi) is 4.00. The number of nitrogen functional groups attached to an aromatic ring is 1. The summed E-state index contributed by atoms with van der Waals surface area (Å²) in [5.41, 5.74) is 7.48. The number of aryl methyl sites for hydroxylation is 1. The second-order valence-electron chi connectivity index (χ2n) is 4.42. The van der Waals surface area contributed by atoms with E-state index in [-0.39, 0.29) is 5.82 Å². The molecule has 0 spiro atoms. The molecule has 1 heterocycles. The number of halogens is 1. The summed E-state index contributed by atoms with van der Waals surface area (Å²) < 4.78 is 15.2. The van der Waals surface area contributed by atoms with Crippen LogP contribution in [0.3, 0.4) is 0 Å². The van der Waals surface area contributed by atoms with Gasteiger partial charge in [0.25, 0.3) is 0 Å². The minimum absolute atomic E-state index is 0.285. The molecule has 4 heteroatoms. The van der Waals surface area contributed by atoms with Gasteiger partial charge in [0.2, 0.25) is 0 Å². The van der Waals surface area contributed by atoms with Crippen molar-refractivity contribution in [2.45, 2.75) is 26.3 Å². The number of anilines is 1. The first kappa shape index (κ1) is 13.3. The van der Waals surface area contributed by atoms with Gasteiger partial charge < -0.3 is 10.3 Å². The number of benzene rings is 1. The van der Waals surface area contributed by atoms with Crippen molar-refractivity contribution < 1.29 is 4.39 Å². The molecule has 100 valence electrons. The van der Waals surface area contributed by atoms with E-state index in [9.17, 15) is 4.39 Å². The van der Waals surface area contributed by atoms with Crippen LogP contribution in [0.15, 0.2) is 36.9 Å². The first-order valence-corrected chi connectivity index (χ1v) is 6.39. The van der Waals surface area contributed by atoms with Gasteiger partial charge in [-0.15, -0.1) is 6.58 Å². The van der Waals surface area contributed by atoms with Crippen LogP contribution in [-0.4, -0.2) is 9.55 Å². The Hall–Kier alpha value is -2.10. The van der Waals surface area contributed by atoms with Gasteiger partial charge >= 0.3 is 0 Å². The predicted molar refractivity (Wildman–Crippen MR) is 76.2 cm³/mol. The summed E-state index contributed by atoms with van der Waals surface area (Å²) in [6.45, 7) is 6.43. The number of nitrogens with zero attached hydrogens (tertiary/aromatic N) is 2. The molecule has 2 rings (SSSR count). The molecule has 0 bridgehead atoms. The number of rotatable bonds is 5. The molecule has 19 heavy (non-hydrogen) atoms.